The van der Waals surface area contributed by atoms with E-state index in [9.17, 15) is 4.79 Å². The van der Waals surface area contributed by atoms with Gasteiger partial charge >= 0.3 is 0 Å². The molecular formula is C11H11NO. The van der Waals surface area contributed by atoms with Gasteiger partial charge in [0.25, 0.3) is 5.56 Å². The third-order valence-corrected chi connectivity index (χ3v) is 2.33. The van der Waals surface area contributed by atoms with Crippen LogP contribution in [0.25, 0.3) is 10.8 Å². The minimum atomic E-state index is -0.00991. The second-order valence-corrected chi connectivity index (χ2v) is 3.30. The molecular weight excluding hydrogens is 162 g/mol. The van der Waals surface area contributed by atoms with Crippen LogP contribution in [-0.2, 0) is 0 Å². The summed E-state index contributed by atoms with van der Waals surface area (Å²) in [6.45, 7) is 4.03. The Morgan fingerprint density at radius 3 is 2.62 bits per heavy atom. The maximum atomic E-state index is 11.4. The maximum Gasteiger partial charge on any atom is 0.255 e. The molecule has 2 aromatic rings. The lowest BCUT2D eigenvalue weighted by Crippen LogP contribution is -2.06. The summed E-state index contributed by atoms with van der Waals surface area (Å²) in [5.41, 5.74) is 2.26. The minimum absolute atomic E-state index is 0.00991. The zero-order chi connectivity index (χ0) is 9.42. The number of aromatic nitrogens is 1. The third kappa shape index (κ3) is 1.15. The van der Waals surface area contributed by atoms with Gasteiger partial charge in [0.1, 0.15) is 0 Å². The first kappa shape index (κ1) is 8.05. The normalized spacial score (nSPS) is 10.6. The van der Waals surface area contributed by atoms with Gasteiger partial charge in [-0.1, -0.05) is 12.1 Å². The number of hydrogen-bond acceptors (Lipinski definition) is 1. The highest BCUT2D eigenvalue weighted by molar-refractivity contribution is 5.87. The molecule has 0 spiro atoms. The van der Waals surface area contributed by atoms with Gasteiger partial charge in [-0.25, -0.2) is 0 Å². The Labute approximate surface area is 76.2 Å². The second-order valence-electron chi connectivity index (χ2n) is 3.30. The molecule has 2 nitrogen and oxygen atoms in total. The topological polar surface area (TPSA) is 32.9 Å². The van der Waals surface area contributed by atoms with Crippen molar-refractivity contribution < 1.29 is 0 Å². The van der Waals surface area contributed by atoms with Crippen LogP contribution in [0.2, 0.25) is 0 Å². The fourth-order valence-electron chi connectivity index (χ4n) is 1.70. The number of H-pyrrole nitrogens is 1. The summed E-state index contributed by atoms with van der Waals surface area (Å²) in [6, 6.07) is 5.79. The van der Waals surface area contributed by atoms with Crippen LogP contribution in [0.5, 0.6) is 0 Å². The summed E-state index contributed by atoms with van der Waals surface area (Å²) < 4.78 is 0. The van der Waals surface area contributed by atoms with E-state index in [4.69, 9.17) is 0 Å². The van der Waals surface area contributed by atoms with Crippen molar-refractivity contribution in [3.05, 3.63) is 45.9 Å². The molecule has 2 heteroatoms. The molecule has 0 fully saturated rings. The highest BCUT2D eigenvalue weighted by atomic mass is 16.1. The predicted octanol–water partition coefficient (Wildman–Crippen LogP) is 2.14. The molecule has 66 valence electrons. The van der Waals surface area contributed by atoms with Gasteiger partial charge < -0.3 is 4.98 Å². The van der Waals surface area contributed by atoms with Crippen LogP contribution < -0.4 is 5.56 Å². The number of rotatable bonds is 0. The van der Waals surface area contributed by atoms with E-state index < -0.39 is 0 Å². The minimum Gasteiger partial charge on any atom is -0.328 e. The maximum absolute atomic E-state index is 11.4. The van der Waals surface area contributed by atoms with Crippen LogP contribution in [0.4, 0.5) is 0 Å². The molecule has 13 heavy (non-hydrogen) atoms. The Balaban J connectivity index is 3.09. The smallest absolute Gasteiger partial charge is 0.255 e. The van der Waals surface area contributed by atoms with Crippen molar-refractivity contribution >= 4 is 10.8 Å². The molecule has 0 aliphatic rings. The van der Waals surface area contributed by atoms with Gasteiger partial charge in [0.05, 0.1) is 0 Å². The lowest BCUT2D eigenvalue weighted by molar-refractivity contribution is 1.23. The van der Waals surface area contributed by atoms with Crippen LogP contribution in [0, 0.1) is 13.8 Å². The highest BCUT2D eigenvalue weighted by Crippen LogP contribution is 2.17. The quantitative estimate of drug-likeness (QED) is 0.650. The fourth-order valence-corrected chi connectivity index (χ4v) is 1.70. The Hall–Kier alpha value is -1.57. The molecule has 0 unspecified atom stereocenters. The summed E-state index contributed by atoms with van der Waals surface area (Å²) in [7, 11) is 0. The number of aromatic amines is 1. The largest absolute Gasteiger partial charge is 0.328 e. The van der Waals surface area contributed by atoms with Crippen molar-refractivity contribution in [2.75, 3.05) is 0 Å². The monoisotopic (exact) mass is 173 g/mol. The van der Waals surface area contributed by atoms with Crippen molar-refractivity contribution in [1.82, 2.24) is 4.98 Å². The zero-order valence-electron chi connectivity index (χ0n) is 7.72. The summed E-state index contributed by atoms with van der Waals surface area (Å²) in [5, 5.41) is 1.85. The zero-order valence-corrected chi connectivity index (χ0v) is 7.72. The molecule has 1 aromatic heterocycles. The summed E-state index contributed by atoms with van der Waals surface area (Å²) in [6.07, 6.45) is 1.76. The molecule has 1 aromatic carbocycles. The molecule has 0 aliphatic carbocycles. The van der Waals surface area contributed by atoms with Crippen LogP contribution in [0.1, 0.15) is 11.1 Å². The fraction of sp³-hybridized carbons (Fsp3) is 0.182. The highest BCUT2D eigenvalue weighted by Gasteiger charge is 2.02. The van der Waals surface area contributed by atoms with Crippen LogP contribution in [0.15, 0.2) is 29.2 Å². The Kier molecular flexibility index (Phi) is 1.69. The number of pyridine rings is 1. The SMILES string of the molecule is Cc1cccc2c(=O)[nH]cc(C)c12. The predicted molar refractivity (Wildman–Crippen MR) is 54.0 cm³/mol. The lowest BCUT2D eigenvalue weighted by Gasteiger charge is -2.03. The second kappa shape index (κ2) is 2.73. The van der Waals surface area contributed by atoms with Gasteiger partial charge in [-0.05, 0) is 36.4 Å². The molecule has 2 rings (SSSR count). The van der Waals surface area contributed by atoms with Crippen LogP contribution >= 0.6 is 0 Å². The van der Waals surface area contributed by atoms with Crippen molar-refractivity contribution in [1.29, 1.82) is 0 Å². The number of fused-ring (bicyclic) bond motifs is 1. The van der Waals surface area contributed by atoms with E-state index in [1.54, 1.807) is 6.20 Å². The Morgan fingerprint density at radius 1 is 1.15 bits per heavy atom. The number of nitrogens with one attached hydrogen (secondary N) is 1. The first-order valence-electron chi connectivity index (χ1n) is 4.28. The summed E-state index contributed by atoms with van der Waals surface area (Å²) >= 11 is 0. The molecule has 0 saturated heterocycles. The lowest BCUT2D eigenvalue weighted by atomic mass is 10.0. The molecule has 0 amide bonds. The van der Waals surface area contributed by atoms with Gasteiger partial charge in [0.15, 0.2) is 0 Å². The summed E-state index contributed by atoms with van der Waals surface area (Å²) in [4.78, 5) is 14.1. The molecule has 0 atom stereocenters. The molecule has 0 radical (unpaired) electrons. The Bertz CT molecular complexity index is 503. The van der Waals surface area contributed by atoms with E-state index in [0.29, 0.717) is 0 Å². The van der Waals surface area contributed by atoms with Crippen LogP contribution in [-0.4, -0.2) is 4.98 Å². The van der Waals surface area contributed by atoms with Gasteiger partial charge in [-0.15, -0.1) is 0 Å². The standard InChI is InChI=1S/C11H11NO/c1-7-4-3-5-9-10(7)8(2)6-12-11(9)13/h3-6H,1-2H3,(H,12,13). The van der Waals surface area contributed by atoms with Crippen molar-refractivity contribution in [3.8, 4) is 0 Å². The number of hydrogen-bond donors (Lipinski definition) is 1. The van der Waals surface area contributed by atoms with Crippen molar-refractivity contribution in [2.45, 2.75) is 13.8 Å². The average Bonchev–Trinajstić information content (AvgIpc) is 2.12. The van der Waals surface area contributed by atoms with Gasteiger partial charge in [-0.2, -0.15) is 0 Å². The van der Waals surface area contributed by atoms with Crippen molar-refractivity contribution in [3.63, 3.8) is 0 Å². The van der Waals surface area contributed by atoms with E-state index in [2.05, 4.69) is 4.98 Å². The number of aryl methyl sites for hydroxylation is 2. The van der Waals surface area contributed by atoms with E-state index in [0.717, 1.165) is 21.9 Å². The third-order valence-electron chi connectivity index (χ3n) is 2.33. The van der Waals surface area contributed by atoms with Crippen LogP contribution in [0.3, 0.4) is 0 Å². The van der Waals surface area contributed by atoms with Gasteiger partial charge in [0, 0.05) is 11.6 Å². The van der Waals surface area contributed by atoms with E-state index >= 15 is 0 Å². The molecule has 0 saturated carbocycles. The molecule has 0 bridgehead atoms. The molecule has 1 heterocycles. The average molecular weight is 173 g/mol. The van der Waals surface area contributed by atoms with Gasteiger partial charge in [0.2, 0.25) is 0 Å². The number of benzene rings is 1. The summed E-state index contributed by atoms with van der Waals surface area (Å²) in [5.74, 6) is 0. The molecule has 0 aliphatic heterocycles. The first-order chi connectivity index (χ1) is 6.20. The van der Waals surface area contributed by atoms with E-state index in [-0.39, 0.29) is 5.56 Å². The molecule has 1 N–H and O–H groups in total. The van der Waals surface area contributed by atoms with Gasteiger partial charge in [-0.3, -0.25) is 4.79 Å². The van der Waals surface area contributed by atoms with E-state index in [1.165, 1.54) is 0 Å². The van der Waals surface area contributed by atoms with E-state index in [1.807, 2.05) is 32.0 Å². The Morgan fingerprint density at radius 2 is 1.92 bits per heavy atom. The van der Waals surface area contributed by atoms with Crippen molar-refractivity contribution in [2.24, 2.45) is 0 Å². The first-order valence-corrected chi connectivity index (χ1v) is 4.28.